The van der Waals surface area contributed by atoms with E-state index in [9.17, 15) is 0 Å². The van der Waals surface area contributed by atoms with Crippen molar-refractivity contribution in [3.05, 3.63) is 34.8 Å². The highest BCUT2D eigenvalue weighted by molar-refractivity contribution is 7.09. The van der Waals surface area contributed by atoms with Crippen LogP contribution in [0, 0.1) is 11.6 Å². The molecule has 0 spiro atoms. The molecule has 0 unspecified atom stereocenters. The topological polar surface area (TPSA) is 12.9 Å². The van der Waals surface area contributed by atoms with Crippen LogP contribution in [0.3, 0.4) is 0 Å². The maximum Gasteiger partial charge on any atom is 0.142 e. The number of hydrogen-bond acceptors (Lipinski definition) is 2. The minimum Gasteiger partial charge on any atom is -0.185 e. The second-order valence-electron chi connectivity index (χ2n) is 2.37. The van der Waals surface area contributed by atoms with Gasteiger partial charge in [0.1, 0.15) is 5.01 Å². The van der Waals surface area contributed by atoms with Crippen molar-refractivity contribution in [2.45, 2.75) is 12.8 Å². The van der Waals surface area contributed by atoms with E-state index in [1.165, 1.54) is 16.9 Å². The molecular formula is C9H7NS. The molecule has 11 heavy (non-hydrogen) atoms. The van der Waals surface area contributed by atoms with Crippen molar-refractivity contribution in [2.24, 2.45) is 0 Å². The fourth-order valence-corrected chi connectivity index (χ4v) is 1.61. The molecule has 2 rings (SSSR count). The van der Waals surface area contributed by atoms with Gasteiger partial charge in [0.05, 0.1) is 6.20 Å². The molecule has 1 aromatic heterocycles. The fraction of sp³-hybridized carbons (Fsp3) is 0.222. The quantitative estimate of drug-likeness (QED) is 0.616. The minimum atomic E-state index is 1.03. The Morgan fingerprint density at radius 2 is 2.45 bits per heavy atom. The first-order valence-electron chi connectivity index (χ1n) is 3.58. The standard InChI is InChI=1S/C9H7NS/c1-2-4-8(5-3-1)9-10-6-7-11-9/h2,4-5H,1,3H2. The van der Waals surface area contributed by atoms with E-state index < -0.39 is 0 Å². The molecular weight excluding hydrogens is 154 g/mol. The summed E-state index contributed by atoms with van der Waals surface area (Å²) in [5.41, 5.74) is 1.22. The molecule has 0 radical (unpaired) electrons. The van der Waals surface area contributed by atoms with Gasteiger partial charge in [-0.25, -0.2) is 0 Å². The average Bonchev–Trinajstić information content (AvgIpc) is 2.58. The van der Waals surface area contributed by atoms with Crippen molar-refractivity contribution in [1.82, 2.24) is 4.98 Å². The van der Waals surface area contributed by atoms with Gasteiger partial charge in [-0.15, -0.1) is 0 Å². The maximum atomic E-state index is 4.06. The predicted molar refractivity (Wildman–Crippen MR) is 46.1 cm³/mol. The first-order valence-corrected chi connectivity index (χ1v) is 4.40. The Kier molecular flexibility index (Phi) is 1.74. The monoisotopic (exact) mass is 161 g/mol. The molecule has 0 saturated carbocycles. The molecule has 2 heteroatoms. The fourth-order valence-electron chi connectivity index (χ4n) is 1.06. The molecule has 1 aliphatic carbocycles. The molecule has 1 aromatic rings. The van der Waals surface area contributed by atoms with Gasteiger partial charge in [0.15, 0.2) is 0 Å². The van der Waals surface area contributed by atoms with Crippen LogP contribution < -0.4 is 0 Å². The van der Waals surface area contributed by atoms with Gasteiger partial charge >= 0.3 is 0 Å². The third kappa shape index (κ3) is 1.33. The molecule has 0 N–H and O–H groups in total. The zero-order chi connectivity index (χ0) is 7.52. The summed E-state index contributed by atoms with van der Waals surface area (Å²) in [5.74, 6) is 0. The average molecular weight is 161 g/mol. The summed E-state index contributed by atoms with van der Waals surface area (Å²) in [6.45, 7) is 0. The number of allylic oxidation sites excluding steroid dienone is 4. The van der Waals surface area contributed by atoms with E-state index in [-0.39, 0.29) is 0 Å². The molecule has 0 aliphatic heterocycles. The van der Waals surface area contributed by atoms with Gasteiger partial charge in [0, 0.05) is 11.0 Å². The van der Waals surface area contributed by atoms with Crippen LogP contribution in [-0.4, -0.2) is 4.98 Å². The van der Waals surface area contributed by atoms with E-state index in [4.69, 9.17) is 0 Å². The molecule has 1 heterocycles. The first kappa shape index (κ1) is 6.63. The summed E-state index contributed by atoms with van der Waals surface area (Å²) < 4.78 is 0. The SMILES string of the molecule is c1nc(C2=CCCC=C2)sc#1. The Hall–Kier alpha value is -1.07. The lowest BCUT2D eigenvalue weighted by atomic mass is 10.1. The van der Waals surface area contributed by atoms with E-state index >= 15 is 0 Å². The third-order valence-corrected chi connectivity index (χ3v) is 2.31. The molecule has 0 aromatic carbocycles. The largest absolute Gasteiger partial charge is 0.185 e. The van der Waals surface area contributed by atoms with E-state index in [0.29, 0.717) is 0 Å². The second kappa shape index (κ2) is 2.89. The summed E-state index contributed by atoms with van der Waals surface area (Å²) in [6.07, 6.45) is 11.5. The number of aromatic nitrogens is 1. The second-order valence-corrected chi connectivity index (χ2v) is 3.17. The Morgan fingerprint density at radius 3 is 3.09 bits per heavy atom. The van der Waals surface area contributed by atoms with Gasteiger partial charge in [0.2, 0.25) is 0 Å². The minimum absolute atomic E-state index is 1.03. The normalized spacial score (nSPS) is 15.8. The Morgan fingerprint density at radius 1 is 1.45 bits per heavy atom. The molecule has 0 amide bonds. The first-order chi connectivity index (χ1) is 5.47. The zero-order valence-electron chi connectivity index (χ0n) is 6.00. The predicted octanol–water partition coefficient (Wildman–Crippen LogP) is 2.48. The van der Waals surface area contributed by atoms with Gasteiger partial charge in [0.25, 0.3) is 0 Å². The molecule has 0 atom stereocenters. The summed E-state index contributed by atoms with van der Waals surface area (Å²) in [5, 5.41) is 3.89. The van der Waals surface area contributed by atoms with Crippen molar-refractivity contribution < 1.29 is 0 Å². The Labute approximate surface area is 70.1 Å². The number of nitrogens with zero attached hydrogens (tertiary/aromatic N) is 1. The van der Waals surface area contributed by atoms with Crippen molar-refractivity contribution in [3.8, 4) is 0 Å². The van der Waals surface area contributed by atoms with E-state index in [1.54, 1.807) is 0 Å². The van der Waals surface area contributed by atoms with Crippen LogP contribution in [0.4, 0.5) is 0 Å². The molecule has 0 bridgehead atoms. The summed E-state index contributed by atoms with van der Waals surface area (Å²) in [6, 6.07) is 0. The Bertz CT molecular complexity index is 283. The van der Waals surface area contributed by atoms with Crippen LogP contribution in [0.5, 0.6) is 0 Å². The van der Waals surface area contributed by atoms with Gasteiger partial charge in [-0.05, 0) is 12.8 Å². The molecule has 0 saturated heterocycles. The lowest BCUT2D eigenvalue weighted by Gasteiger charge is -2.01. The molecule has 54 valence electrons. The third-order valence-electron chi connectivity index (χ3n) is 1.59. The lowest BCUT2D eigenvalue weighted by molar-refractivity contribution is 1.04. The zero-order valence-corrected chi connectivity index (χ0v) is 6.82. The van der Waals surface area contributed by atoms with Crippen LogP contribution in [0.1, 0.15) is 17.8 Å². The van der Waals surface area contributed by atoms with Crippen molar-refractivity contribution >= 4 is 16.9 Å². The molecule has 1 nitrogen and oxygen atoms in total. The smallest absolute Gasteiger partial charge is 0.142 e. The number of rotatable bonds is 1. The van der Waals surface area contributed by atoms with Gasteiger partial charge in [-0.1, -0.05) is 29.6 Å². The van der Waals surface area contributed by atoms with Gasteiger partial charge in [-0.2, -0.15) is 4.98 Å². The Balaban J connectivity index is 2.29. The molecule has 0 fully saturated rings. The van der Waals surface area contributed by atoms with Crippen LogP contribution in [0.2, 0.25) is 0 Å². The highest BCUT2D eigenvalue weighted by atomic mass is 32.1. The molecule has 1 aliphatic rings. The van der Waals surface area contributed by atoms with E-state index in [2.05, 4.69) is 34.8 Å². The summed E-state index contributed by atoms with van der Waals surface area (Å²) in [4.78, 5) is 4.06. The van der Waals surface area contributed by atoms with Crippen LogP contribution in [0.15, 0.2) is 18.2 Å². The summed E-state index contributed by atoms with van der Waals surface area (Å²) in [7, 11) is 0. The highest BCUT2D eigenvalue weighted by Gasteiger charge is 2.01. The maximum absolute atomic E-state index is 4.06. The van der Waals surface area contributed by atoms with Crippen molar-refractivity contribution in [2.75, 3.05) is 0 Å². The van der Waals surface area contributed by atoms with E-state index in [0.717, 1.165) is 17.8 Å². The van der Waals surface area contributed by atoms with Crippen LogP contribution >= 0.6 is 11.3 Å². The van der Waals surface area contributed by atoms with E-state index in [1.807, 2.05) is 0 Å². The van der Waals surface area contributed by atoms with Crippen molar-refractivity contribution in [1.29, 1.82) is 0 Å². The van der Waals surface area contributed by atoms with Crippen LogP contribution in [0.25, 0.3) is 5.57 Å². The lowest BCUT2D eigenvalue weighted by Crippen LogP contribution is -1.83. The van der Waals surface area contributed by atoms with Gasteiger partial charge in [-0.3, -0.25) is 0 Å². The number of hydrogen-bond donors (Lipinski definition) is 0. The van der Waals surface area contributed by atoms with Gasteiger partial charge < -0.3 is 0 Å². The van der Waals surface area contributed by atoms with Crippen molar-refractivity contribution in [3.63, 3.8) is 0 Å². The van der Waals surface area contributed by atoms with Crippen LogP contribution in [-0.2, 0) is 0 Å². The summed E-state index contributed by atoms with van der Waals surface area (Å²) >= 11 is 1.52. The highest BCUT2D eigenvalue weighted by Crippen LogP contribution is 2.20.